The standard InChI is InChI=1S/C24H23N3/c1-4-15-26(16-5-2)24-22(20-12-8-6-10-18(20)3)25-23-21-13-9-7-11-19(21)14-17-27(23)24/h4-14,17H,1-2,15-16H2,3H3. The molecule has 3 heteroatoms. The Balaban J connectivity index is 2.09. The van der Waals surface area contributed by atoms with E-state index in [1.807, 2.05) is 12.2 Å². The fourth-order valence-corrected chi connectivity index (χ4v) is 3.64. The maximum absolute atomic E-state index is 5.11. The predicted molar refractivity (Wildman–Crippen MR) is 115 cm³/mol. The van der Waals surface area contributed by atoms with Crippen molar-refractivity contribution in [2.45, 2.75) is 6.92 Å². The van der Waals surface area contributed by atoms with Crippen molar-refractivity contribution in [1.82, 2.24) is 9.38 Å². The first-order valence-corrected chi connectivity index (χ1v) is 9.17. The summed E-state index contributed by atoms with van der Waals surface area (Å²) in [4.78, 5) is 7.37. The molecule has 0 aliphatic heterocycles. The van der Waals surface area contributed by atoms with Crippen LogP contribution in [0.25, 0.3) is 27.7 Å². The SMILES string of the molecule is C=CCN(CC=C)c1c(-c2ccccc2C)nc2c3ccccc3ccn12. The predicted octanol–water partition coefficient (Wildman–Crippen LogP) is 5.64. The third kappa shape index (κ3) is 2.91. The average molecular weight is 353 g/mol. The zero-order valence-corrected chi connectivity index (χ0v) is 15.6. The molecule has 2 aromatic carbocycles. The fraction of sp³-hybridized carbons (Fsp3) is 0.125. The second kappa shape index (κ2) is 7.12. The minimum absolute atomic E-state index is 0.728. The van der Waals surface area contributed by atoms with E-state index in [0.29, 0.717) is 0 Å². The van der Waals surface area contributed by atoms with E-state index in [4.69, 9.17) is 4.98 Å². The number of hydrogen-bond donors (Lipinski definition) is 0. The molecule has 0 saturated carbocycles. The molecule has 3 nitrogen and oxygen atoms in total. The monoisotopic (exact) mass is 353 g/mol. The van der Waals surface area contributed by atoms with Crippen LogP contribution in [0.5, 0.6) is 0 Å². The van der Waals surface area contributed by atoms with Gasteiger partial charge in [0.25, 0.3) is 0 Å². The Bertz CT molecular complexity index is 1130. The highest BCUT2D eigenvalue weighted by molar-refractivity contribution is 5.97. The van der Waals surface area contributed by atoms with Gasteiger partial charge in [0, 0.05) is 30.2 Å². The van der Waals surface area contributed by atoms with Gasteiger partial charge in [-0.15, -0.1) is 13.2 Å². The summed E-state index contributed by atoms with van der Waals surface area (Å²) >= 11 is 0. The van der Waals surface area contributed by atoms with Gasteiger partial charge in [-0.3, -0.25) is 4.40 Å². The zero-order valence-electron chi connectivity index (χ0n) is 15.6. The van der Waals surface area contributed by atoms with E-state index < -0.39 is 0 Å². The van der Waals surface area contributed by atoms with Crippen molar-refractivity contribution in [2.24, 2.45) is 0 Å². The quantitative estimate of drug-likeness (QED) is 0.418. The van der Waals surface area contributed by atoms with Crippen LogP contribution in [-0.2, 0) is 0 Å². The fourth-order valence-electron chi connectivity index (χ4n) is 3.64. The number of imidazole rings is 1. The third-order valence-corrected chi connectivity index (χ3v) is 4.89. The molecule has 0 saturated heterocycles. The lowest BCUT2D eigenvalue weighted by atomic mass is 10.1. The number of anilines is 1. The van der Waals surface area contributed by atoms with Gasteiger partial charge in [0.1, 0.15) is 17.2 Å². The number of aryl methyl sites for hydroxylation is 1. The van der Waals surface area contributed by atoms with Crippen LogP contribution in [0.15, 0.2) is 86.1 Å². The number of fused-ring (bicyclic) bond motifs is 3. The smallest absolute Gasteiger partial charge is 0.147 e. The van der Waals surface area contributed by atoms with Gasteiger partial charge in [0.2, 0.25) is 0 Å². The van der Waals surface area contributed by atoms with Gasteiger partial charge in [-0.2, -0.15) is 0 Å². The Labute approximate surface area is 159 Å². The first-order chi connectivity index (χ1) is 13.2. The van der Waals surface area contributed by atoms with Gasteiger partial charge in [0.05, 0.1) is 0 Å². The summed E-state index contributed by atoms with van der Waals surface area (Å²) in [5, 5.41) is 2.34. The van der Waals surface area contributed by atoms with E-state index in [9.17, 15) is 0 Å². The molecule has 4 rings (SSSR count). The van der Waals surface area contributed by atoms with E-state index in [-0.39, 0.29) is 0 Å². The molecule has 134 valence electrons. The van der Waals surface area contributed by atoms with Gasteiger partial charge >= 0.3 is 0 Å². The minimum atomic E-state index is 0.728. The van der Waals surface area contributed by atoms with Crippen LogP contribution >= 0.6 is 0 Å². The third-order valence-electron chi connectivity index (χ3n) is 4.89. The molecule has 0 bridgehead atoms. The Hall–Kier alpha value is -3.33. The molecular formula is C24H23N3. The summed E-state index contributed by atoms with van der Waals surface area (Å²) in [5.74, 6) is 1.07. The number of aromatic nitrogens is 2. The molecule has 27 heavy (non-hydrogen) atoms. The first-order valence-electron chi connectivity index (χ1n) is 9.17. The molecule has 0 radical (unpaired) electrons. The zero-order chi connectivity index (χ0) is 18.8. The van der Waals surface area contributed by atoms with Crippen molar-refractivity contribution in [1.29, 1.82) is 0 Å². The van der Waals surface area contributed by atoms with Crippen LogP contribution in [-0.4, -0.2) is 22.5 Å². The van der Waals surface area contributed by atoms with Crippen LogP contribution in [0.2, 0.25) is 0 Å². The molecular weight excluding hydrogens is 330 g/mol. The molecule has 0 fully saturated rings. The molecule has 2 heterocycles. The van der Waals surface area contributed by atoms with Gasteiger partial charge in [-0.1, -0.05) is 60.7 Å². The second-order valence-corrected chi connectivity index (χ2v) is 6.68. The molecule has 0 unspecified atom stereocenters. The van der Waals surface area contributed by atoms with Crippen molar-refractivity contribution in [3.63, 3.8) is 0 Å². The highest BCUT2D eigenvalue weighted by Crippen LogP contribution is 2.35. The summed E-state index contributed by atoms with van der Waals surface area (Å²) in [6.45, 7) is 11.5. The molecule has 0 N–H and O–H groups in total. The van der Waals surface area contributed by atoms with Crippen molar-refractivity contribution < 1.29 is 0 Å². The van der Waals surface area contributed by atoms with Gasteiger partial charge in [-0.05, 0) is 23.9 Å². The molecule has 0 aliphatic rings. The summed E-state index contributed by atoms with van der Waals surface area (Å²) in [7, 11) is 0. The maximum Gasteiger partial charge on any atom is 0.147 e. The molecule has 0 aliphatic carbocycles. The van der Waals surface area contributed by atoms with Crippen molar-refractivity contribution >= 4 is 22.2 Å². The Morgan fingerprint density at radius 1 is 0.963 bits per heavy atom. The molecule has 0 amide bonds. The summed E-state index contributed by atoms with van der Waals surface area (Å²) < 4.78 is 2.19. The number of hydrogen-bond acceptors (Lipinski definition) is 2. The highest BCUT2D eigenvalue weighted by atomic mass is 15.2. The lowest BCUT2D eigenvalue weighted by molar-refractivity contribution is 0.916. The van der Waals surface area contributed by atoms with Gasteiger partial charge in [0.15, 0.2) is 0 Å². The number of nitrogens with zero attached hydrogens (tertiary/aromatic N) is 3. The molecule has 2 aromatic heterocycles. The van der Waals surface area contributed by atoms with E-state index in [0.717, 1.165) is 41.2 Å². The lowest BCUT2D eigenvalue weighted by Gasteiger charge is -2.23. The number of benzene rings is 2. The first kappa shape index (κ1) is 17.1. The van der Waals surface area contributed by atoms with E-state index in [2.05, 4.69) is 90.2 Å². The second-order valence-electron chi connectivity index (χ2n) is 6.68. The lowest BCUT2D eigenvalue weighted by Crippen LogP contribution is -2.25. The Morgan fingerprint density at radius 2 is 1.67 bits per heavy atom. The average Bonchev–Trinajstić information content (AvgIpc) is 3.08. The van der Waals surface area contributed by atoms with Crippen molar-refractivity contribution in [3.05, 3.63) is 91.7 Å². The Morgan fingerprint density at radius 3 is 2.41 bits per heavy atom. The number of pyridine rings is 1. The molecule has 4 aromatic rings. The minimum Gasteiger partial charge on any atom is -0.348 e. The van der Waals surface area contributed by atoms with Gasteiger partial charge < -0.3 is 4.90 Å². The van der Waals surface area contributed by atoms with E-state index in [1.54, 1.807) is 0 Å². The number of rotatable bonds is 6. The van der Waals surface area contributed by atoms with Crippen LogP contribution in [0.1, 0.15) is 5.56 Å². The maximum atomic E-state index is 5.11. The Kier molecular flexibility index (Phi) is 4.51. The largest absolute Gasteiger partial charge is 0.348 e. The topological polar surface area (TPSA) is 20.5 Å². The van der Waals surface area contributed by atoms with Crippen molar-refractivity contribution in [2.75, 3.05) is 18.0 Å². The molecule has 0 atom stereocenters. The van der Waals surface area contributed by atoms with Crippen LogP contribution in [0.3, 0.4) is 0 Å². The highest BCUT2D eigenvalue weighted by Gasteiger charge is 2.21. The van der Waals surface area contributed by atoms with Crippen LogP contribution in [0, 0.1) is 6.92 Å². The molecule has 0 spiro atoms. The summed E-state index contributed by atoms with van der Waals surface area (Å²) in [5.41, 5.74) is 4.33. The summed E-state index contributed by atoms with van der Waals surface area (Å²) in [6.07, 6.45) is 5.96. The van der Waals surface area contributed by atoms with E-state index in [1.165, 1.54) is 10.9 Å². The van der Waals surface area contributed by atoms with Crippen molar-refractivity contribution in [3.8, 4) is 11.3 Å². The van der Waals surface area contributed by atoms with Crippen LogP contribution < -0.4 is 4.90 Å². The van der Waals surface area contributed by atoms with E-state index >= 15 is 0 Å². The summed E-state index contributed by atoms with van der Waals surface area (Å²) in [6, 6.07) is 18.9. The van der Waals surface area contributed by atoms with Gasteiger partial charge in [-0.25, -0.2) is 4.98 Å². The normalized spacial score (nSPS) is 11.0. The van der Waals surface area contributed by atoms with Crippen LogP contribution in [0.4, 0.5) is 5.82 Å².